The fraction of sp³-hybridized carbons (Fsp3) is 0.591. The van der Waals surface area contributed by atoms with Gasteiger partial charge in [0.1, 0.15) is 11.6 Å². The Labute approximate surface area is 178 Å². The standard InChI is InChI=1S/C22H33FN4OS/c1-5-13-26(14-6-2)21(28)12-15-27(17(4)7-3)22-24-20(25-29-22)16-18-8-10-19(23)11-9-18/h8-11,17H,5-7,12-16H2,1-4H3/t17-/m0/s1. The second-order valence-electron chi connectivity index (χ2n) is 7.38. The van der Waals surface area contributed by atoms with E-state index in [1.165, 1.54) is 23.7 Å². The molecule has 1 heterocycles. The molecule has 2 rings (SSSR count). The van der Waals surface area contributed by atoms with Crippen LogP contribution in [-0.2, 0) is 11.2 Å². The molecule has 0 saturated carbocycles. The smallest absolute Gasteiger partial charge is 0.224 e. The van der Waals surface area contributed by atoms with E-state index in [2.05, 4.69) is 37.0 Å². The number of halogens is 1. The summed E-state index contributed by atoms with van der Waals surface area (Å²) in [6.45, 7) is 10.8. The maximum Gasteiger partial charge on any atom is 0.224 e. The van der Waals surface area contributed by atoms with Crippen molar-refractivity contribution >= 4 is 22.6 Å². The molecular formula is C22H33FN4OS. The van der Waals surface area contributed by atoms with E-state index in [1.54, 1.807) is 12.1 Å². The largest absolute Gasteiger partial charge is 0.344 e. The van der Waals surface area contributed by atoms with E-state index < -0.39 is 0 Å². The molecule has 0 aliphatic rings. The van der Waals surface area contributed by atoms with Crippen LogP contribution in [0.25, 0.3) is 0 Å². The number of carbonyl (C=O) groups is 1. The Hall–Kier alpha value is -2.02. The van der Waals surface area contributed by atoms with Crippen LogP contribution in [0, 0.1) is 5.82 Å². The average molecular weight is 421 g/mol. The van der Waals surface area contributed by atoms with Crippen LogP contribution in [-0.4, -0.2) is 45.8 Å². The first-order valence-corrected chi connectivity index (χ1v) is 11.4. The molecular weight excluding hydrogens is 387 g/mol. The zero-order valence-corrected chi connectivity index (χ0v) is 18.8. The second-order valence-corrected chi connectivity index (χ2v) is 8.11. The van der Waals surface area contributed by atoms with Gasteiger partial charge in [-0.05, 0) is 43.9 Å². The van der Waals surface area contributed by atoms with Crippen LogP contribution < -0.4 is 4.90 Å². The van der Waals surface area contributed by atoms with E-state index in [0.29, 0.717) is 19.4 Å². The van der Waals surface area contributed by atoms with Gasteiger partial charge >= 0.3 is 0 Å². The van der Waals surface area contributed by atoms with Gasteiger partial charge in [0.2, 0.25) is 11.0 Å². The van der Waals surface area contributed by atoms with Crippen molar-refractivity contribution in [3.63, 3.8) is 0 Å². The molecule has 0 bridgehead atoms. The van der Waals surface area contributed by atoms with E-state index >= 15 is 0 Å². The summed E-state index contributed by atoms with van der Waals surface area (Å²) in [5.74, 6) is 0.696. The van der Waals surface area contributed by atoms with Gasteiger partial charge in [-0.1, -0.05) is 32.9 Å². The summed E-state index contributed by atoms with van der Waals surface area (Å²) < 4.78 is 17.6. The zero-order chi connectivity index (χ0) is 21.2. The van der Waals surface area contributed by atoms with Gasteiger partial charge in [0.05, 0.1) is 0 Å². The van der Waals surface area contributed by atoms with Gasteiger partial charge in [-0.3, -0.25) is 4.79 Å². The minimum absolute atomic E-state index is 0.207. The molecule has 160 valence electrons. The number of hydrogen-bond acceptors (Lipinski definition) is 5. The van der Waals surface area contributed by atoms with Crippen molar-refractivity contribution in [1.29, 1.82) is 0 Å². The van der Waals surface area contributed by atoms with E-state index in [-0.39, 0.29) is 17.8 Å². The number of anilines is 1. The first-order valence-electron chi connectivity index (χ1n) is 10.6. The summed E-state index contributed by atoms with van der Waals surface area (Å²) in [5.41, 5.74) is 0.982. The van der Waals surface area contributed by atoms with Crippen molar-refractivity contribution in [3.05, 3.63) is 41.5 Å². The van der Waals surface area contributed by atoms with Gasteiger partial charge < -0.3 is 9.80 Å². The Morgan fingerprint density at radius 3 is 2.34 bits per heavy atom. The summed E-state index contributed by atoms with van der Waals surface area (Å²) in [4.78, 5) is 21.5. The highest BCUT2D eigenvalue weighted by Gasteiger charge is 2.20. The first kappa shape index (κ1) is 23.3. The van der Waals surface area contributed by atoms with Crippen molar-refractivity contribution in [1.82, 2.24) is 14.3 Å². The van der Waals surface area contributed by atoms with Crippen molar-refractivity contribution in [2.75, 3.05) is 24.5 Å². The SMILES string of the molecule is CCCN(CCC)C(=O)CCN(c1nc(Cc2ccc(F)cc2)ns1)[C@@H](C)CC. The summed E-state index contributed by atoms with van der Waals surface area (Å²) in [6, 6.07) is 6.71. The van der Waals surface area contributed by atoms with Gasteiger partial charge in [-0.25, -0.2) is 9.37 Å². The minimum Gasteiger partial charge on any atom is -0.344 e. The van der Waals surface area contributed by atoms with E-state index in [9.17, 15) is 9.18 Å². The van der Waals surface area contributed by atoms with E-state index in [4.69, 9.17) is 4.98 Å². The van der Waals surface area contributed by atoms with Crippen LogP contribution in [0.2, 0.25) is 0 Å². The van der Waals surface area contributed by atoms with Crippen LogP contribution in [0.1, 0.15) is 64.8 Å². The lowest BCUT2D eigenvalue weighted by Crippen LogP contribution is -2.38. The van der Waals surface area contributed by atoms with Crippen LogP contribution in [0.5, 0.6) is 0 Å². The van der Waals surface area contributed by atoms with Gasteiger partial charge in [-0.2, -0.15) is 4.37 Å². The summed E-state index contributed by atoms with van der Waals surface area (Å²) in [7, 11) is 0. The molecule has 0 fully saturated rings. The van der Waals surface area contributed by atoms with Crippen LogP contribution in [0.4, 0.5) is 9.52 Å². The van der Waals surface area contributed by atoms with Gasteiger partial charge in [0.25, 0.3) is 0 Å². The normalized spacial score (nSPS) is 12.0. The predicted octanol–water partition coefficient (Wildman–Crippen LogP) is 4.91. The number of amides is 1. The van der Waals surface area contributed by atoms with Crippen molar-refractivity contribution in [2.45, 2.75) is 65.8 Å². The quantitative estimate of drug-likeness (QED) is 0.489. The van der Waals surface area contributed by atoms with Crippen molar-refractivity contribution in [2.24, 2.45) is 0 Å². The number of nitrogens with zero attached hydrogens (tertiary/aromatic N) is 4. The Morgan fingerprint density at radius 2 is 1.76 bits per heavy atom. The Balaban J connectivity index is 2.05. The Bertz CT molecular complexity index is 744. The first-order chi connectivity index (χ1) is 14.0. The van der Waals surface area contributed by atoms with E-state index in [0.717, 1.165) is 48.9 Å². The monoisotopic (exact) mass is 420 g/mol. The predicted molar refractivity (Wildman–Crippen MR) is 118 cm³/mol. The molecule has 5 nitrogen and oxygen atoms in total. The summed E-state index contributed by atoms with van der Waals surface area (Å²) >= 11 is 1.37. The molecule has 2 aromatic rings. The molecule has 1 atom stereocenters. The molecule has 0 saturated heterocycles. The zero-order valence-electron chi connectivity index (χ0n) is 18.0. The maximum absolute atomic E-state index is 13.1. The molecule has 0 unspecified atom stereocenters. The third-order valence-corrected chi connectivity index (χ3v) is 5.80. The van der Waals surface area contributed by atoms with Gasteiger partial charge in [-0.15, -0.1) is 0 Å². The number of hydrogen-bond donors (Lipinski definition) is 0. The second kappa shape index (κ2) is 11.9. The lowest BCUT2D eigenvalue weighted by atomic mass is 10.1. The number of rotatable bonds is 12. The average Bonchev–Trinajstić information content (AvgIpc) is 3.17. The number of aromatic nitrogens is 2. The fourth-order valence-corrected chi connectivity index (χ4v) is 4.03. The molecule has 0 N–H and O–H groups in total. The number of carbonyl (C=O) groups excluding carboxylic acids is 1. The summed E-state index contributed by atoms with van der Waals surface area (Å²) in [6.07, 6.45) is 3.98. The van der Waals surface area contributed by atoms with Gasteiger partial charge in [0.15, 0.2) is 0 Å². The lowest BCUT2D eigenvalue weighted by Gasteiger charge is -2.29. The third-order valence-electron chi connectivity index (χ3n) is 5.01. The molecule has 0 aliphatic heterocycles. The molecule has 0 spiro atoms. The van der Waals surface area contributed by atoms with Crippen LogP contribution in [0.15, 0.2) is 24.3 Å². The molecule has 1 amide bonds. The highest BCUT2D eigenvalue weighted by atomic mass is 32.1. The topological polar surface area (TPSA) is 49.3 Å². The van der Waals surface area contributed by atoms with Gasteiger partial charge in [0, 0.05) is 50.1 Å². The minimum atomic E-state index is -0.242. The summed E-state index contributed by atoms with van der Waals surface area (Å²) in [5, 5.41) is 0.849. The molecule has 1 aromatic carbocycles. The lowest BCUT2D eigenvalue weighted by molar-refractivity contribution is -0.131. The highest BCUT2D eigenvalue weighted by molar-refractivity contribution is 7.09. The van der Waals surface area contributed by atoms with Crippen molar-refractivity contribution in [3.8, 4) is 0 Å². The van der Waals surface area contributed by atoms with Crippen molar-refractivity contribution < 1.29 is 9.18 Å². The third kappa shape index (κ3) is 7.07. The molecule has 0 radical (unpaired) electrons. The van der Waals surface area contributed by atoms with E-state index in [1.807, 2.05) is 4.90 Å². The number of benzene rings is 1. The molecule has 29 heavy (non-hydrogen) atoms. The molecule has 7 heteroatoms. The van der Waals surface area contributed by atoms with Crippen LogP contribution >= 0.6 is 11.5 Å². The highest BCUT2D eigenvalue weighted by Crippen LogP contribution is 2.23. The Morgan fingerprint density at radius 1 is 1.10 bits per heavy atom. The Kier molecular flexibility index (Phi) is 9.51. The molecule has 1 aromatic heterocycles. The molecule has 0 aliphatic carbocycles. The maximum atomic E-state index is 13.1. The van der Waals surface area contributed by atoms with Crippen LogP contribution in [0.3, 0.4) is 0 Å². The fourth-order valence-electron chi connectivity index (χ4n) is 3.22.